The van der Waals surface area contributed by atoms with Gasteiger partial charge in [0.25, 0.3) is 0 Å². The standard InChI is InChI=1S/C21H30N2O4S/c1-19(2,3)14-9-11-15(12-10-14)28(25,26)21(7,8)18(24)22-17-13-16(27-23-17)20(4,5)6/h9-13H,1-8H3,(H,22,23,24). The molecule has 2 aromatic rings. The van der Waals surface area contributed by atoms with Crippen molar-refractivity contribution < 1.29 is 17.7 Å². The third kappa shape index (κ3) is 4.29. The second-order valence-electron chi connectivity index (χ2n) is 9.57. The Morgan fingerprint density at radius 1 is 0.929 bits per heavy atom. The van der Waals surface area contributed by atoms with Crippen molar-refractivity contribution in [1.82, 2.24) is 5.16 Å². The number of carbonyl (C=O) groups is 1. The average Bonchev–Trinajstić information content (AvgIpc) is 3.02. The van der Waals surface area contributed by atoms with Gasteiger partial charge in [-0.15, -0.1) is 0 Å². The third-order valence-electron chi connectivity index (χ3n) is 4.74. The van der Waals surface area contributed by atoms with Crippen LogP contribution in [0, 0.1) is 0 Å². The second kappa shape index (κ2) is 7.03. The molecule has 0 atom stereocenters. The van der Waals surface area contributed by atoms with E-state index in [1.165, 1.54) is 13.8 Å². The molecule has 28 heavy (non-hydrogen) atoms. The summed E-state index contributed by atoms with van der Waals surface area (Å²) >= 11 is 0. The molecule has 0 aliphatic carbocycles. The first kappa shape index (κ1) is 22.1. The van der Waals surface area contributed by atoms with Crippen molar-refractivity contribution in [3.63, 3.8) is 0 Å². The number of anilines is 1. The molecule has 0 saturated heterocycles. The van der Waals surface area contributed by atoms with Crippen LogP contribution in [0.1, 0.15) is 66.7 Å². The minimum Gasteiger partial charge on any atom is -0.359 e. The van der Waals surface area contributed by atoms with Crippen molar-refractivity contribution in [2.45, 2.75) is 75.9 Å². The van der Waals surface area contributed by atoms with Gasteiger partial charge in [0.1, 0.15) is 10.5 Å². The van der Waals surface area contributed by atoms with Gasteiger partial charge < -0.3 is 9.84 Å². The summed E-state index contributed by atoms with van der Waals surface area (Å²) in [5.74, 6) is 0.128. The molecule has 1 aromatic heterocycles. The van der Waals surface area contributed by atoms with Crippen molar-refractivity contribution in [3.8, 4) is 0 Å². The van der Waals surface area contributed by atoms with Crippen LogP contribution in [0.2, 0.25) is 0 Å². The van der Waals surface area contributed by atoms with Crippen LogP contribution in [-0.4, -0.2) is 24.2 Å². The van der Waals surface area contributed by atoms with E-state index in [-0.39, 0.29) is 21.5 Å². The Hall–Kier alpha value is -2.15. The molecule has 6 nitrogen and oxygen atoms in total. The second-order valence-corrected chi connectivity index (χ2v) is 12.1. The van der Waals surface area contributed by atoms with E-state index in [0.29, 0.717) is 5.76 Å². The summed E-state index contributed by atoms with van der Waals surface area (Å²) in [4.78, 5) is 12.9. The molecule has 1 amide bonds. The van der Waals surface area contributed by atoms with Crippen LogP contribution in [0.3, 0.4) is 0 Å². The predicted octanol–water partition coefficient (Wildman–Crippen LogP) is 4.46. The van der Waals surface area contributed by atoms with Crippen molar-refractivity contribution >= 4 is 21.6 Å². The smallest absolute Gasteiger partial charge is 0.246 e. The number of sulfone groups is 1. The number of amides is 1. The van der Waals surface area contributed by atoms with Crippen LogP contribution < -0.4 is 5.32 Å². The maximum atomic E-state index is 13.1. The van der Waals surface area contributed by atoms with Crippen molar-refractivity contribution in [1.29, 1.82) is 0 Å². The van der Waals surface area contributed by atoms with E-state index in [4.69, 9.17) is 4.52 Å². The number of carbonyl (C=O) groups excluding carboxylic acids is 1. The topological polar surface area (TPSA) is 89.3 Å². The van der Waals surface area contributed by atoms with Crippen LogP contribution in [0.15, 0.2) is 39.8 Å². The number of hydrogen-bond acceptors (Lipinski definition) is 5. The van der Waals surface area contributed by atoms with Gasteiger partial charge in [-0.1, -0.05) is 58.8 Å². The van der Waals surface area contributed by atoms with Crippen molar-refractivity contribution in [2.75, 3.05) is 5.32 Å². The van der Waals surface area contributed by atoms with Crippen molar-refractivity contribution in [3.05, 3.63) is 41.7 Å². The van der Waals surface area contributed by atoms with Crippen LogP contribution in [0.25, 0.3) is 0 Å². The van der Waals surface area contributed by atoms with Gasteiger partial charge >= 0.3 is 0 Å². The zero-order chi connectivity index (χ0) is 21.5. The molecule has 0 fully saturated rings. The Kier molecular flexibility index (Phi) is 5.56. The molecule has 0 aliphatic heterocycles. The number of nitrogens with one attached hydrogen (secondary N) is 1. The highest BCUT2D eigenvalue weighted by Crippen LogP contribution is 2.30. The molecule has 2 rings (SSSR count). The molecular weight excluding hydrogens is 376 g/mol. The van der Waals surface area contributed by atoms with E-state index >= 15 is 0 Å². The largest absolute Gasteiger partial charge is 0.359 e. The Morgan fingerprint density at radius 3 is 1.89 bits per heavy atom. The van der Waals surface area contributed by atoms with Gasteiger partial charge in [0.05, 0.1) is 4.90 Å². The Labute approximate surface area is 167 Å². The summed E-state index contributed by atoms with van der Waals surface area (Å²) in [5, 5.41) is 6.39. The first-order valence-electron chi connectivity index (χ1n) is 9.20. The number of aromatic nitrogens is 1. The summed E-state index contributed by atoms with van der Waals surface area (Å²) in [5.41, 5.74) is 0.658. The fourth-order valence-corrected chi connectivity index (χ4v) is 3.88. The lowest BCUT2D eigenvalue weighted by atomic mass is 9.87. The van der Waals surface area contributed by atoms with Crippen LogP contribution in [-0.2, 0) is 25.5 Å². The monoisotopic (exact) mass is 406 g/mol. The third-order valence-corrected chi connectivity index (χ3v) is 7.16. The molecule has 1 heterocycles. The number of rotatable bonds is 4. The fourth-order valence-electron chi connectivity index (χ4n) is 2.51. The summed E-state index contributed by atoms with van der Waals surface area (Å²) < 4.78 is 29.8. The molecule has 0 bridgehead atoms. The Balaban J connectivity index is 2.28. The minimum absolute atomic E-state index is 0.0904. The molecule has 7 heteroatoms. The number of benzene rings is 1. The molecule has 1 aromatic carbocycles. The van der Waals surface area contributed by atoms with E-state index in [2.05, 4.69) is 31.2 Å². The maximum Gasteiger partial charge on any atom is 0.246 e. The lowest BCUT2D eigenvalue weighted by Crippen LogP contribution is -2.44. The van der Waals surface area contributed by atoms with E-state index in [9.17, 15) is 13.2 Å². The molecule has 0 spiro atoms. The average molecular weight is 407 g/mol. The Morgan fingerprint density at radius 2 is 1.46 bits per heavy atom. The number of nitrogens with zero attached hydrogens (tertiary/aromatic N) is 1. The van der Waals surface area contributed by atoms with E-state index in [1.807, 2.05) is 20.8 Å². The molecule has 0 unspecified atom stereocenters. The minimum atomic E-state index is -3.91. The van der Waals surface area contributed by atoms with Gasteiger partial charge in [0.2, 0.25) is 5.91 Å². The maximum absolute atomic E-state index is 13.1. The van der Waals surface area contributed by atoms with Gasteiger partial charge in [-0.25, -0.2) is 8.42 Å². The molecule has 154 valence electrons. The lowest BCUT2D eigenvalue weighted by Gasteiger charge is -2.24. The molecule has 0 radical (unpaired) electrons. The fraction of sp³-hybridized carbons (Fsp3) is 0.524. The summed E-state index contributed by atoms with van der Waals surface area (Å²) in [6, 6.07) is 8.29. The highest BCUT2D eigenvalue weighted by Gasteiger charge is 2.43. The van der Waals surface area contributed by atoms with E-state index < -0.39 is 20.5 Å². The van der Waals surface area contributed by atoms with Gasteiger partial charge in [-0.3, -0.25) is 4.79 Å². The number of hydrogen-bond donors (Lipinski definition) is 1. The Bertz CT molecular complexity index is 957. The van der Waals surface area contributed by atoms with Crippen molar-refractivity contribution in [2.24, 2.45) is 0 Å². The van der Waals surface area contributed by atoms with Crippen LogP contribution in [0.5, 0.6) is 0 Å². The summed E-state index contributed by atoms with van der Waals surface area (Å²) in [6.45, 7) is 14.8. The quantitative estimate of drug-likeness (QED) is 0.810. The van der Waals surface area contributed by atoms with Crippen LogP contribution >= 0.6 is 0 Å². The highest BCUT2D eigenvalue weighted by molar-refractivity contribution is 7.93. The summed E-state index contributed by atoms with van der Waals surface area (Å²) in [6.07, 6.45) is 0. The first-order valence-corrected chi connectivity index (χ1v) is 10.7. The van der Waals surface area contributed by atoms with E-state index in [1.54, 1.807) is 30.3 Å². The van der Waals surface area contributed by atoms with Gasteiger partial charge in [-0.05, 0) is 37.0 Å². The van der Waals surface area contributed by atoms with Crippen LogP contribution in [0.4, 0.5) is 5.82 Å². The normalized spacial score (nSPS) is 13.4. The summed E-state index contributed by atoms with van der Waals surface area (Å²) in [7, 11) is -3.91. The zero-order valence-corrected chi connectivity index (χ0v) is 18.7. The van der Waals surface area contributed by atoms with Gasteiger partial charge in [0, 0.05) is 11.5 Å². The first-order chi connectivity index (χ1) is 12.6. The van der Waals surface area contributed by atoms with E-state index in [0.717, 1.165) is 5.56 Å². The molecule has 0 aliphatic rings. The SMILES string of the molecule is CC(C)(C)c1ccc(S(=O)(=O)C(C)(C)C(=O)Nc2cc(C(C)(C)C)on2)cc1. The lowest BCUT2D eigenvalue weighted by molar-refractivity contribution is -0.117. The zero-order valence-electron chi connectivity index (χ0n) is 17.9. The predicted molar refractivity (Wildman–Crippen MR) is 110 cm³/mol. The molecular formula is C21H30N2O4S. The molecule has 1 N–H and O–H groups in total. The molecule has 0 saturated carbocycles. The van der Waals surface area contributed by atoms with Gasteiger partial charge in [0.15, 0.2) is 15.7 Å². The highest BCUT2D eigenvalue weighted by atomic mass is 32.2. The van der Waals surface area contributed by atoms with Gasteiger partial charge in [-0.2, -0.15) is 0 Å².